The molecule has 5 nitrogen and oxygen atoms in total. The van der Waals surface area contributed by atoms with Crippen LogP contribution in [0.2, 0.25) is 0 Å². The van der Waals surface area contributed by atoms with Gasteiger partial charge < -0.3 is 14.9 Å². The zero-order valence-corrected chi connectivity index (χ0v) is 9.91. The van der Waals surface area contributed by atoms with Gasteiger partial charge in [-0.1, -0.05) is 12.1 Å². The van der Waals surface area contributed by atoms with Gasteiger partial charge in [0.1, 0.15) is 11.3 Å². The van der Waals surface area contributed by atoms with E-state index >= 15 is 0 Å². The summed E-state index contributed by atoms with van der Waals surface area (Å²) in [5, 5.41) is 15.6. The van der Waals surface area contributed by atoms with Crippen LogP contribution in [-0.4, -0.2) is 28.8 Å². The zero-order chi connectivity index (χ0) is 12.1. The van der Waals surface area contributed by atoms with E-state index in [1.165, 1.54) is 0 Å². The number of aliphatic hydroxyl groups is 1. The van der Waals surface area contributed by atoms with Crippen LogP contribution in [0.1, 0.15) is 42.1 Å². The molecule has 1 atom stereocenters. The molecule has 0 aliphatic heterocycles. The topological polar surface area (TPSA) is 75.4 Å². The number of aliphatic hydroxyl groups excluding tert-OH is 1. The molecular formula is C11H18N2O3. The van der Waals surface area contributed by atoms with Crippen molar-refractivity contribution in [1.29, 1.82) is 0 Å². The van der Waals surface area contributed by atoms with Crippen LogP contribution in [0.3, 0.4) is 0 Å². The van der Waals surface area contributed by atoms with Gasteiger partial charge in [-0.15, -0.1) is 0 Å². The molecule has 5 heteroatoms. The van der Waals surface area contributed by atoms with E-state index in [1.54, 1.807) is 13.8 Å². The number of carbonyl (C=O) groups excluding carboxylic acids is 1. The first kappa shape index (κ1) is 12.7. The van der Waals surface area contributed by atoms with E-state index < -0.39 is 6.10 Å². The highest BCUT2D eigenvalue weighted by Crippen LogP contribution is 2.13. The number of rotatable bonds is 5. The molecule has 0 aromatic carbocycles. The summed E-state index contributed by atoms with van der Waals surface area (Å²) in [6.45, 7) is 5.78. The molecule has 1 rings (SSSR count). The number of nitrogens with zero attached hydrogens (tertiary/aromatic N) is 1. The molecule has 0 aliphatic rings. The van der Waals surface area contributed by atoms with Crippen molar-refractivity contribution in [3.63, 3.8) is 0 Å². The summed E-state index contributed by atoms with van der Waals surface area (Å²) in [5.74, 6) is 0.350. The maximum Gasteiger partial charge on any atom is 0.256 e. The molecule has 0 bridgehead atoms. The van der Waals surface area contributed by atoms with Gasteiger partial charge in [-0.3, -0.25) is 4.79 Å². The average molecular weight is 226 g/mol. The van der Waals surface area contributed by atoms with Crippen molar-refractivity contribution in [2.24, 2.45) is 0 Å². The van der Waals surface area contributed by atoms with Crippen LogP contribution in [0.15, 0.2) is 4.52 Å². The predicted molar refractivity (Wildman–Crippen MR) is 59.2 cm³/mol. The monoisotopic (exact) mass is 226 g/mol. The van der Waals surface area contributed by atoms with E-state index in [2.05, 4.69) is 10.5 Å². The summed E-state index contributed by atoms with van der Waals surface area (Å²) in [7, 11) is 0. The Hall–Kier alpha value is -1.36. The lowest BCUT2D eigenvalue weighted by molar-refractivity contribution is 0.0943. The van der Waals surface area contributed by atoms with E-state index in [0.29, 0.717) is 36.4 Å². The highest BCUT2D eigenvalue weighted by Gasteiger charge is 2.18. The third-order valence-electron chi connectivity index (χ3n) is 2.34. The van der Waals surface area contributed by atoms with Gasteiger partial charge in [-0.25, -0.2) is 0 Å². The number of aryl methyl sites for hydroxylation is 2. The summed E-state index contributed by atoms with van der Waals surface area (Å²) < 4.78 is 4.97. The lowest BCUT2D eigenvalue weighted by Gasteiger charge is -2.06. The quantitative estimate of drug-likeness (QED) is 0.786. The first-order chi connectivity index (χ1) is 7.56. The Morgan fingerprint density at radius 3 is 2.88 bits per heavy atom. The zero-order valence-electron chi connectivity index (χ0n) is 9.91. The van der Waals surface area contributed by atoms with Crippen LogP contribution in [0.5, 0.6) is 0 Å². The van der Waals surface area contributed by atoms with Gasteiger partial charge >= 0.3 is 0 Å². The second-order valence-corrected chi connectivity index (χ2v) is 3.81. The molecule has 0 aliphatic carbocycles. The van der Waals surface area contributed by atoms with Gasteiger partial charge in [0.15, 0.2) is 0 Å². The molecule has 1 heterocycles. The van der Waals surface area contributed by atoms with Crippen LogP contribution < -0.4 is 5.32 Å². The van der Waals surface area contributed by atoms with E-state index in [9.17, 15) is 4.79 Å². The fraction of sp³-hybridized carbons (Fsp3) is 0.636. The van der Waals surface area contributed by atoms with E-state index in [4.69, 9.17) is 9.63 Å². The van der Waals surface area contributed by atoms with Gasteiger partial charge in [-0.2, -0.15) is 0 Å². The molecule has 0 fully saturated rings. The minimum atomic E-state index is -0.408. The Labute approximate surface area is 94.8 Å². The fourth-order valence-corrected chi connectivity index (χ4v) is 1.43. The van der Waals surface area contributed by atoms with Gasteiger partial charge in [0.25, 0.3) is 5.91 Å². The number of amides is 1. The Kier molecular flexibility index (Phi) is 4.49. The third-order valence-corrected chi connectivity index (χ3v) is 2.34. The van der Waals surface area contributed by atoms with Crippen LogP contribution in [0.25, 0.3) is 0 Å². The molecule has 0 radical (unpaired) electrons. The van der Waals surface area contributed by atoms with Crippen molar-refractivity contribution in [2.75, 3.05) is 6.54 Å². The molecular weight excluding hydrogens is 208 g/mol. The molecule has 0 saturated heterocycles. The Morgan fingerprint density at radius 2 is 2.31 bits per heavy atom. The molecule has 1 aromatic rings. The lowest BCUT2D eigenvalue weighted by Crippen LogP contribution is -2.27. The highest BCUT2D eigenvalue weighted by atomic mass is 16.5. The van der Waals surface area contributed by atoms with Crippen LogP contribution in [0, 0.1) is 6.92 Å². The average Bonchev–Trinajstić information content (AvgIpc) is 2.58. The first-order valence-electron chi connectivity index (χ1n) is 5.47. The van der Waals surface area contributed by atoms with Crippen molar-refractivity contribution < 1.29 is 14.4 Å². The minimum absolute atomic E-state index is 0.184. The molecule has 0 spiro atoms. The van der Waals surface area contributed by atoms with E-state index in [1.807, 2.05) is 6.92 Å². The number of hydrogen-bond donors (Lipinski definition) is 2. The lowest BCUT2D eigenvalue weighted by atomic mass is 10.1. The number of aromatic nitrogens is 1. The van der Waals surface area contributed by atoms with Crippen molar-refractivity contribution >= 4 is 5.91 Å². The second-order valence-electron chi connectivity index (χ2n) is 3.81. The van der Waals surface area contributed by atoms with Crippen molar-refractivity contribution in [3.8, 4) is 0 Å². The standard InChI is InChI=1S/C11H18N2O3/c1-4-9-10(8(3)16-13-9)11(15)12-6-5-7(2)14/h7,14H,4-6H2,1-3H3,(H,12,15). The van der Waals surface area contributed by atoms with Crippen molar-refractivity contribution in [2.45, 2.75) is 39.7 Å². The van der Waals surface area contributed by atoms with Gasteiger partial charge in [0, 0.05) is 6.54 Å². The van der Waals surface area contributed by atoms with Crippen LogP contribution in [0.4, 0.5) is 0 Å². The summed E-state index contributed by atoms with van der Waals surface area (Å²) in [6.07, 6.45) is 0.795. The normalized spacial score (nSPS) is 12.5. The SMILES string of the molecule is CCc1noc(C)c1C(=O)NCCC(C)O. The molecule has 0 saturated carbocycles. The third kappa shape index (κ3) is 3.06. The van der Waals surface area contributed by atoms with Gasteiger partial charge in [-0.05, 0) is 26.7 Å². The first-order valence-corrected chi connectivity index (χ1v) is 5.47. The molecule has 2 N–H and O–H groups in total. The molecule has 1 aromatic heterocycles. The Balaban J connectivity index is 2.62. The molecule has 1 unspecified atom stereocenters. The van der Waals surface area contributed by atoms with Crippen LogP contribution in [-0.2, 0) is 6.42 Å². The van der Waals surface area contributed by atoms with Crippen molar-refractivity contribution in [1.82, 2.24) is 10.5 Å². The highest BCUT2D eigenvalue weighted by molar-refractivity contribution is 5.96. The number of hydrogen-bond acceptors (Lipinski definition) is 4. The summed E-state index contributed by atoms with van der Waals surface area (Å²) in [5.41, 5.74) is 1.19. The summed E-state index contributed by atoms with van der Waals surface area (Å²) >= 11 is 0. The summed E-state index contributed by atoms with van der Waals surface area (Å²) in [4.78, 5) is 11.8. The fourth-order valence-electron chi connectivity index (χ4n) is 1.43. The number of carbonyl (C=O) groups is 1. The largest absolute Gasteiger partial charge is 0.393 e. The number of nitrogens with one attached hydrogen (secondary N) is 1. The van der Waals surface area contributed by atoms with E-state index in [-0.39, 0.29) is 5.91 Å². The van der Waals surface area contributed by atoms with Gasteiger partial charge in [0.2, 0.25) is 0 Å². The second kappa shape index (κ2) is 5.65. The predicted octanol–water partition coefficient (Wildman–Crippen LogP) is 1.05. The molecule has 1 amide bonds. The molecule has 90 valence electrons. The summed E-state index contributed by atoms with van der Waals surface area (Å²) in [6, 6.07) is 0. The van der Waals surface area contributed by atoms with Crippen molar-refractivity contribution in [3.05, 3.63) is 17.0 Å². The minimum Gasteiger partial charge on any atom is -0.393 e. The smallest absolute Gasteiger partial charge is 0.256 e. The Bertz CT molecular complexity index is 358. The van der Waals surface area contributed by atoms with E-state index in [0.717, 1.165) is 0 Å². The Morgan fingerprint density at radius 1 is 1.62 bits per heavy atom. The van der Waals surface area contributed by atoms with Gasteiger partial charge in [0.05, 0.1) is 11.8 Å². The van der Waals surface area contributed by atoms with Crippen LogP contribution >= 0.6 is 0 Å². The maximum absolute atomic E-state index is 11.8. The molecule has 16 heavy (non-hydrogen) atoms. The maximum atomic E-state index is 11.8.